The standard InChI is InChI=1S/C15H17N3O4/c1-9(2)5-6-18-14(13(15(19)20)16-17-18)10-3-4-11-12(7-10)22-8-21-11/h3-4,7,9H,5-6,8H2,1-2H3,(H,19,20). The molecule has 22 heavy (non-hydrogen) atoms. The molecule has 0 radical (unpaired) electrons. The van der Waals surface area contributed by atoms with E-state index in [0.717, 1.165) is 6.42 Å². The molecule has 0 unspecified atom stereocenters. The molecule has 1 aliphatic heterocycles. The van der Waals surface area contributed by atoms with Crippen molar-refractivity contribution in [3.05, 3.63) is 23.9 Å². The van der Waals surface area contributed by atoms with E-state index in [2.05, 4.69) is 24.2 Å². The van der Waals surface area contributed by atoms with E-state index in [-0.39, 0.29) is 12.5 Å². The van der Waals surface area contributed by atoms with Crippen LogP contribution in [0.25, 0.3) is 11.3 Å². The number of carboxylic acid groups (broad SMARTS) is 1. The van der Waals surface area contributed by atoms with E-state index < -0.39 is 5.97 Å². The number of hydrogen-bond donors (Lipinski definition) is 1. The van der Waals surface area contributed by atoms with Crippen molar-refractivity contribution in [3.63, 3.8) is 0 Å². The number of nitrogens with zero attached hydrogens (tertiary/aromatic N) is 3. The minimum atomic E-state index is -1.09. The van der Waals surface area contributed by atoms with Gasteiger partial charge in [-0.15, -0.1) is 5.10 Å². The average Bonchev–Trinajstić information content (AvgIpc) is 3.10. The zero-order valence-electron chi connectivity index (χ0n) is 12.4. The molecule has 0 spiro atoms. The fourth-order valence-electron chi connectivity index (χ4n) is 2.32. The van der Waals surface area contributed by atoms with Crippen LogP contribution in [0.5, 0.6) is 11.5 Å². The lowest BCUT2D eigenvalue weighted by atomic mass is 10.1. The van der Waals surface area contributed by atoms with Gasteiger partial charge in [0.05, 0.1) is 0 Å². The van der Waals surface area contributed by atoms with Gasteiger partial charge in [-0.1, -0.05) is 19.1 Å². The maximum Gasteiger partial charge on any atom is 0.358 e. The number of carboxylic acids is 1. The van der Waals surface area contributed by atoms with Crippen molar-refractivity contribution in [3.8, 4) is 22.8 Å². The minimum absolute atomic E-state index is 0.0531. The molecule has 0 fully saturated rings. The summed E-state index contributed by atoms with van der Waals surface area (Å²) in [4.78, 5) is 11.4. The van der Waals surface area contributed by atoms with Crippen molar-refractivity contribution in [2.24, 2.45) is 5.92 Å². The largest absolute Gasteiger partial charge is 0.476 e. The highest BCUT2D eigenvalue weighted by atomic mass is 16.7. The number of fused-ring (bicyclic) bond motifs is 1. The molecular weight excluding hydrogens is 286 g/mol. The van der Waals surface area contributed by atoms with Gasteiger partial charge in [0.25, 0.3) is 0 Å². The summed E-state index contributed by atoms with van der Waals surface area (Å²) in [7, 11) is 0. The highest BCUT2D eigenvalue weighted by Gasteiger charge is 2.23. The summed E-state index contributed by atoms with van der Waals surface area (Å²) in [6.07, 6.45) is 0.889. The topological polar surface area (TPSA) is 86.5 Å². The number of aryl methyl sites for hydroxylation is 1. The molecule has 7 nitrogen and oxygen atoms in total. The van der Waals surface area contributed by atoms with Crippen LogP contribution in [0.3, 0.4) is 0 Å². The first kappa shape index (κ1) is 14.4. The average molecular weight is 303 g/mol. The zero-order valence-corrected chi connectivity index (χ0v) is 12.4. The van der Waals surface area contributed by atoms with E-state index in [9.17, 15) is 9.90 Å². The second-order valence-electron chi connectivity index (χ2n) is 5.57. The maximum absolute atomic E-state index is 11.4. The van der Waals surface area contributed by atoms with E-state index >= 15 is 0 Å². The fraction of sp³-hybridized carbons (Fsp3) is 0.400. The van der Waals surface area contributed by atoms with Crippen LogP contribution in [0.4, 0.5) is 0 Å². The number of hydrogen-bond acceptors (Lipinski definition) is 5. The second kappa shape index (κ2) is 5.67. The van der Waals surface area contributed by atoms with Gasteiger partial charge in [-0.25, -0.2) is 9.48 Å². The summed E-state index contributed by atoms with van der Waals surface area (Å²) in [5, 5.41) is 17.1. The van der Waals surface area contributed by atoms with Crippen molar-refractivity contribution in [2.45, 2.75) is 26.8 Å². The van der Waals surface area contributed by atoms with Crippen LogP contribution in [0.1, 0.15) is 30.8 Å². The van der Waals surface area contributed by atoms with Crippen molar-refractivity contribution in [1.29, 1.82) is 0 Å². The number of aromatic carboxylic acids is 1. The quantitative estimate of drug-likeness (QED) is 0.912. The molecule has 1 N–H and O–H groups in total. The summed E-state index contributed by atoms with van der Waals surface area (Å²) < 4.78 is 12.3. The minimum Gasteiger partial charge on any atom is -0.476 e. The number of carbonyl (C=O) groups is 1. The van der Waals surface area contributed by atoms with E-state index in [1.807, 2.05) is 0 Å². The van der Waals surface area contributed by atoms with Crippen LogP contribution >= 0.6 is 0 Å². The van der Waals surface area contributed by atoms with Gasteiger partial charge < -0.3 is 14.6 Å². The van der Waals surface area contributed by atoms with Crippen molar-refractivity contribution in [1.82, 2.24) is 15.0 Å². The van der Waals surface area contributed by atoms with Crippen LogP contribution in [-0.2, 0) is 6.54 Å². The third-order valence-corrected chi connectivity index (χ3v) is 3.50. The van der Waals surface area contributed by atoms with Crippen LogP contribution in [0.15, 0.2) is 18.2 Å². The van der Waals surface area contributed by atoms with E-state index in [4.69, 9.17) is 9.47 Å². The molecule has 0 amide bonds. The SMILES string of the molecule is CC(C)CCn1nnc(C(=O)O)c1-c1ccc2c(c1)OCO2. The number of benzene rings is 1. The number of rotatable bonds is 5. The van der Waals surface area contributed by atoms with E-state index in [1.54, 1.807) is 22.9 Å². The highest BCUT2D eigenvalue weighted by Crippen LogP contribution is 2.36. The van der Waals surface area contributed by atoms with Gasteiger partial charge in [0.15, 0.2) is 17.2 Å². The molecule has 1 aromatic carbocycles. The molecule has 1 aliphatic rings. The molecule has 2 heterocycles. The summed E-state index contributed by atoms with van der Waals surface area (Å²) in [5.41, 5.74) is 1.14. The van der Waals surface area contributed by atoms with Gasteiger partial charge in [0.1, 0.15) is 5.69 Å². The Balaban J connectivity index is 2.03. The lowest BCUT2D eigenvalue weighted by Gasteiger charge is -2.09. The normalized spacial score (nSPS) is 12.9. The molecule has 2 aromatic rings. The first-order valence-corrected chi connectivity index (χ1v) is 7.13. The molecule has 0 saturated heterocycles. The summed E-state index contributed by atoms with van der Waals surface area (Å²) >= 11 is 0. The van der Waals surface area contributed by atoms with Crippen LogP contribution in [0, 0.1) is 5.92 Å². The predicted octanol–water partition coefficient (Wildman–Crippen LogP) is 2.42. The molecule has 0 saturated carbocycles. The van der Waals surface area contributed by atoms with Gasteiger partial charge in [-0.05, 0) is 30.5 Å². The molecule has 0 aliphatic carbocycles. The fourth-order valence-corrected chi connectivity index (χ4v) is 2.32. The molecular formula is C15H17N3O4. The Kier molecular flexibility index (Phi) is 3.70. The Labute approximate surface area is 127 Å². The highest BCUT2D eigenvalue weighted by molar-refractivity contribution is 5.92. The maximum atomic E-state index is 11.4. The van der Waals surface area contributed by atoms with Crippen molar-refractivity contribution >= 4 is 5.97 Å². The van der Waals surface area contributed by atoms with Gasteiger partial charge in [-0.3, -0.25) is 0 Å². The molecule has 1 aromatic heterocycles. The van der Waals surface area contributed by atoms with E-state index in [1.165, 1.54) is 0 Å². The molecule has 7 heteroatoms. The Morgan fingerprint density at radius 1 is 1.36 bits per heavy atom. The van der Waals surface area contributed by atoms with Crippen molar-refractivity contribution < 1.29 is 19.4 Å². The lowest BCUT2D eigenvalue weighted by Crippen LogP contribution is -2.07. The summed E-state index contributed by atoms with van der Waals surface area (Å²) in [5.74, 6) is 0.651. The Morgan fingerprint density at radius 2 is 2.14 bits per heavy atom. The third kappa shape index (κ3) is 2.61. The van der Waals surface area contributed by atoms with Crippen LogP contribution in [-0.4, -0.2) is 32.9 Å². The second-order valence-corrected chi connectivity index (χ2v) is 5.57. The molecule has 0 bridgehead atoms. The zero-order chi connectivity index (χ0) is 15.7. The lowest BCUT2D eigenvalue weighted by molar-refractivity contribution is 0.0691. The van der Waals surface area contributed by atoms with Gasteiger partial charge in [0.2, 0.25) is 6.79 Å². The summed E-state index contributed by atoms with van der Waals surface area (Å²) in [6, 6.07) is 5.33. The van der Waals surface area contributed by atoms with Gasteiger partial charge in [-0.2, -0.15) is 0 Å². The van der Waals surface area contributed by atoms with Crippen LogP contribution in [0.2, 0.25) is 0 Å². The number of aromatic nitrogens is 3. The molecule has 0 atom stereocenters. The Hall–Kier alpha value is -2.57. The predicted molar refractivity (Wildman–Crippen MR) is 78.0 cm³/mol. The first-order chi connectivity index (χ1) is 10.6. The van der Waals surface area contributed by atoms with Crippen LogP contribution < -0.4 is 9.47 Å². The van der Waals surface area contributed by atoms with Gasteiger partial charge >= 0.3 is 5.97 Å². The third-order valence-electron chi connectivity index (χ3n) is 3.50. The monoisotopic (exact) mass is 303 g/mol. The molecule has 3 rings (SSSR count). The Bertz CT molecular complexity index is 709. The number of ether oxygens (including phenoxy) is 2. The van der Waals surface area contributed by atoms with Gasteiger partial charge in [0, 0.05) is 12.1 Å². The summed E-state index contributed by atoms with van der Waals surface area (Å²) in [6.45, 7) is 5.00. The smallest absolute Gasteiger partial charge is 0.358 e. The first-order valence-electron chi connectivity index (χ1n) is 7.13. The molecule has 116 valence electrons. The van der Waals surface area contributed by atoms with E-state index in [0.29, 0.717) is 35.2 Å². The Morgan fingerprint density at radius 3 is 2.86 bits per heavy atom. The van der Waals surface area contributed by atoms with Crippen molar-refractivity contribution in [2.75, 3.05) is 6.79 Å².